The molecule has 1 aliphatic carbocycles. The highest BCUT2D eigenvalue weighted by molar-refractivity contribution is 7.89. The highest BCUT2D eigenvalue weighted by Crippen LogP contribution is 2.24. The lowest BCUT2D eigenvalue weighted by molar-refractivity contribution is 0.579. The van der Waals surface area contributed by atoms with Gasteiger partial charge >= 0.3 is 4.87 Å². The molecule has 0 bridgehead atoms. The quantitative estimate of drug-likeness (QED) is 0.775. The minimum atomic E-state index is -3.56. The fourth-order valence-corrected chi connectivity index (χ4v) is 5.42. The second-order valence-corrected chi connectivity index (χ2v) is 9.48. The predicted octanol–water partition coefficient (Wildman–Crippen LogP) is 3.81. The van der Waals surface area contributed by atoms with Gasteiger partial charge in [-0.15, -0.1) is 0 Å². The average molecular weight is 381 g/mol. The average Bonchev–Trinajstić information content (AvgIpc) is 2.90. The van der Waals surface area contributed by atoms with Crippen LogP contribution >= 0.6 is 11.3 Å². The summed E-state index contributed by atoms with van der Waals surface area (Å²) in [7, 11) is -3.56. The molecule has 25 heavy (non-hydrogen) atoms. The van der Waals surface area contributed by atoms with E-state index in [2.05, 4.69) is 10.8 Å². The van der Waals surface area contributed by atoms with Gasteiger partial charge in [-0.05, 0) is 64.2 Å². The van der Waals surface area contributed by atoms with Crippen molar-refractivity contribution in [3.8, 4) is 0 Å². The number of sulfonamides is 1. The van der Waals surface area contributed by atoms with Gasteiger partial charge in [0.05, 0.1) is 15.1 Å². The molecule has 1 aliphatic rings. The number of benzene rings is 1. The molecule has 0 saturated carbocycles. The van der Waals surface area contributed by atoms with Crippen molar-refractivity contribution in [2.24, 2.45) is 0 Å². The highest BCUT2D eigenvalue weighted by atomic mass is 32.2. The zero-order chi connectivity index (χ0) is 18.0. The van der Waals surface area contributed by atoms with Gasteiger partial charge in [0, 0.05) is 12.6 Å². The van der Waals surface area contributed by atoms with E-state index in [0.717, 1.165) is 36.1 Å². The Morgan fingerprint density at radius 3 is 2.76 bits per heavy atom. The first-order valence-electron chi connectivity index (χ1n) is 8.71. The molecule has 1 aromatic heterocycles. The molecular weight excluding hydrogens is 356 g/mol. The van der Waals surface area contributed by atoms with Gasteiger partial charge in [0.2, 0.25) is 10.0 Å². The van der Waals surface area contributed by atoms with E-state index >= 15 is 0 Å². The van der Waals surface area contributed by atoms with Crippen LogP contribution in [-0.2, 0) is 10.0 Å². The van der Waals surface area contributed by atoms with E-state index in [-0.39, 0.29) is 15.8 Å². The summed E-state index contributed by atoms with van der Waals surface area (Å²) in [5, 5.41) is 0. The summed E-state index contributed by atoms with van der Waals surface area (Å²) in [6.07, 6.45) is 7.60. The number of rotatable bonds is 6. The molecule has 136 valence electrons. The summed E-state index contributed by atoms with van der Waals surface area (Å²) in [6.45, 7) is 4.30. The van der Waals surface area contributed by atoms with Gasteiger partial charge < -0.3 is 0 Å². The van der Waals surface area contributed by atoms with Gasteiger partial charge in [-0.1, -0.05) is 23.0 Å². The lowest BCUT2D eigenvalue weighted by atomic mass is 9.97. The Hall–Kier alpha value is -1.44. The molecule has 7 heteroatoms. The van der Waals surface area contributed by atoms with Gasteiger partial charge in [-0.2, -0.15) is 0 Å². The van der Waals surface area contributed by atoms with Crippen molar-refractivity contribution in [1.29, 1.82) is 0 Å². The Morgan fingerprint density at radius 1 is 1.28 bits per heavy atom. The maximum Gasteiger partial charge on any atom is 0.308 e. The molecule has 0 atom stereocenters. The minimum Gasteiger partial charge on any atom is -0.296 e. The number of hydrogen-bond donors (Lipinski definition) is 1. The number of thiazole rings is 1. The van der Waals surface area contributed by atoms with E-state index in [1.165, 1.54) is 18.4 Å². The van der Waals surface area contributed by atoms with Gasteiger partial charge in [0.1, 0.15) is 0 Å². The van der Waals surface area contributed by atoms with Crippen LogP contribution in [0.4, 0.5) is 0 Å². The van der Waals surface area contributed by atoms with E-state index in [9.17, 15) is 13.2 Å². The van der Waals surface area contributed by atoms with Crippen LogP contribution in [0.5, 0.6) is 0 Å². The normalized spacial score (nSPS) is 15.7. The van der Waals surface area contributed by atoms with E-state index in [4.69, 9.17) is 0 Å². The number of allylic oxidation sites excluding steroid dienone is 1. The third kappa shape index (κ3) is 4.04. The van der Waals surface area contributed by atoms with Crippen LogP contribution in [0.2, 0.25) is 0 Å². The van der Waals surface area contributed by atoms with Crippen molar-refractivity contribution in [1.82, 2.24) is 9.29 Å². The van der Waals surface area contributed by atoms with E-state index in [1.807, 2.05) is 13.8 Å². The SMILES string of the molecule is CC(C)n1c(=O)sc2cc(S(=O)(=O)NCCC3=CCCCC3)ccc21. The van der Waals surface area contributed by atoms with Crippen molar-refractivity contribution in [3.05, 3.63) is 39.5 Å². The van der Waals surface area contributed by atoms with Crippen molar-refractivity contribution < 1.29 is 8.42 Å². The van der Waals surface area contributed by atoms with Gasteiger partial charge in [0.15, 0.2) is 0 Å². The molecular formula is C18H24N2O3S2. The largest absolute Gasteiger partial charge is 0.308 e. The topological polar surface area (TPSA) is 68.2 Å². The summed E-state index contributed by atoms with van der Waals surface area (Å²) in [5.74, 6) is 0. The first-order valence-corrected chi connectivity index (χ1v) is 11.0. The zero-order valence-corrected chi connectivity index (χ0v) is 16.3. The van der Waals surface area contributed by atoms with Crippen molar-refractivity contribution >= 4 is 31.6 Å². The fourth-order valence-electron chi connectivity index (χ4n) is 3.23. The molecule has 0 fully saturated rings. The molecule has 1 heterocycles. The van der Waals surface area contributed by atoms with E-state index in [0.29, 0.717) is 11.2 Å². The molecule has 0 amide bonds. The standard InChI is InChI=1S/C18H24N2O3S2/c1-13(2)20-16-9-8-15(12-17(16)24-18(20)21)25(22,23)19-11-10-14-6-4-3-5-7-14/h6,8-9,12-13,19H,3-5,7,10-11H2,1-2H3. The number of hydrogen-bond acceptors (Lipinski definition) is 4. The maximum atomic E-state index is 12.5. The van der Waals surface area contributed by atoms with Crippen molar-refractivity contribution in [2.45, 2.75) is 56.9 Å². The smallest absolute Gasteiger partial charge is 0.296 e. The van der Waals surface area contributed by atoms with Crippen LogP contribution in [0.1, 0.15) is 52.0 Å². The van der Waals surface area contributed by atoms with Crippen LogP contribution in [0.3, 0.4) is 0 Å². The second kappa shape index (κ2) is 7.43. The molecule has 0 spiro atoms. The summed E-state index contributed by atoms with van der Waals surface area (Å²) < 4.78 is 30.1. The summed E-state index contributed by atoms with van der Waals surface area (Å²) >= 11 is 1.09. The third-order valence-corrected chi connectivity index (χ3v) is 6.91. The first-order chi connectivity index (χ1) is 11.9. The van der Waals surface area contributed by atoms with E-state index < -0.39 is 10.0 Å². The van der Waals surface area contributed by atoms with Crippen LogP contribution in [0.15, 0.2) is 39.5 Å². The summed E-state index contributed by atoms with van der Waals surface area (Å²) in [4.78, 5) is 12.3. The summed E-state index contributed by atoms with van der Waals surface area (Å²) in [5.41, 5.74) is 2.13. The van der Waals surface area contributed by atoms with Gasteiger partial charge in [0.25, 0.3) is 0 Å². The fraction of sp³-hybridized carbons (Fsp3) is 0.500. The molecule has 0 aliphatic heterocycles. The predicted molar refractivity (Wildman–Crippen MR) is 103 cm³/mol. The van der Waals surface area contributed by atoms with Crippen LogP contribution < -0.4 is 9.60 Å². The Labute approximate surface area is 152 Å². The van der Waals surface area contributed by atoms with Gasteiger partial charge in [-0.25, -0.2) is 13.1 Å². The molecule has 0 radical (unpaired) electrons. The molecule has 3 rings (SSSR count). The Balaban J connectivity index is 1.77. The summed E-state index contributed by atoms with van der Waals surface area (Å²) in [6, 6.07) is 4.95. The molecule has 0 unspecified atom stereocenters. The lowest BCUT2D eigenvalue weighted by Gasteiger charge is -2.13. The molecule has 0 saturated heterocycles. The van der Waals surface area contributed by atoms with Crippen molar-refractivity contribution in [2.75, 3.05) is 6.54 Å². The Kier molecular flexibility index (Phi) is 5.46. The van der Waals surface area contributed by atoms with Gasteiger partial charge in [-0.3, -0.25) is 9.36 Å². The zero-order valence-electron chi connectivity index (χ0n) is 14.6. The minimum absolute atomic E-state index is 0.0469. The molecule has 1 aromatic carbocycles. The lowest BCUT2D eigenvalue weighted by Crippen LogP contribution is -2.25. The van der Waals surface area contributed by atoms with Crippen LogP contribution in [0, 0.1) is 0 Å². The third-order valence-electron chi connectivity index (χ3n) is 4.53. The van der Waals surface area contributed by atoms with Crippen LogP contribution in [-0.4, -0.2) is 19.5 Å². The first kappa shape index (κ1) is 18.4. The van der Waals surface area contributed by atoms with Crippen LogP contribution in [0.25, 0.3) is 10.2 Å². The number of fused-ring (bicyclic) bond motifs is 1. The van der Waals surface area contributed by atoms with Crippen molar-refractivity contribution in [3.63, 3.8) is 0 Å². The molecule has 1 N–H and O–H groups in total. The number of nitrogens with one attached hydrogen (secondary N) is 1. The monoisotopic (exact) mass is 380 g/mol. The number of nitrogens with zero attached hydrogens (tertiary/aromatic N) is 1. The Bertz CT molecular complexity index is 952. The number of aromatic nitrogens is 1. The second-order valence-electron chi connectivity index (χ2n) is 6.72. The van der Waals surface area contributed by atoms with E-state index in [1.54, 1.807) is 22.8 Å². The molecule has 2 aromatic rings. The maximum absolute atomic E-state index is 12.5. The Morgan fingerprint density at radius 2 is 2.08 bits per heavy atom. The molecule has 5 nitrogen and oxygen atoms in total. The highest BCUT2D eigenvalue weighted by Gasteiger charge is 2.17.